The number of hydrogen-bond donors (Lipinski definition) is 0. The number of morpholine rings is 1. The molecular formula is C21H19BrN2O2. The second kappa shape index (κ2) is 7.89. The summed E-state index contributed by atoms with van der Waals surface area (Å²) < 4.78 is 12.3. The maximum absolute atomic E-state index is 5.87. The Morgan fingerprint density at radius 2 is 1.77 bits per heavy atom. The van der Waals surface area contributed by atoms with Gasteiger partial charge in [-0.1, -0.05) is 28.1 Å². The fourth-order valence-electron chi connectivity index (χ4n) is 2.93. The molecule has 0 bridgehead atoms. The number of furan rings is 1. The van der Waals surface area contributed by atoms with Crippen molar-refractivity contribution in [1.82, 2.24) is 0 Å². The van der Waals surface area contributed by atoms with Crippen LogP contribution >= 0.6 is 15.9 Å². The predicted molar refractivity (Wildman–Crippen MR) is 109 cm³/mol. The number of benzene rings is 2. The number of aliphatic imine (C=N–C) groups is 1. The molecule has 1 aliphatic heterocycles. The fourth-order valence-corrected chi connectivity index (χ4v) is 3.33. The summed E-state index contributed by atoms with van der Waals surface area (Å²) in [5.74, 6) is 1.56. The summed E-state index contributed by atoms with van der Waals surface area (Å²) in [4.78, 5) is 6.84. The van der Waals surface area contributed by atoms with Gasteiger partial charge in [-0.3, -0.25) is 4.99 Å². The molecular weight excluding hydrogens is 392 g/mol. The lowest BCUT2D eigenvalue weighted by Crippen LogP contribution is -2.36. The second-order valence-corrected chi connectivity index (χ2v) is 7.00. The van der Waals surface area contributed by atoms with Gasteiger partial charge in [-0.05, 0) is 48.5 Å². The average molecular weight is 411 g/mol. The number of ether oxygens (including phenoxy) is 1. The monoisotopic (exact) mass is 410 g/mol. The summed E-state index contributed by atoms with van der Waals surface area (Å²) in [6.45, 7) is 3.46. The van der Waals surface area contributed by atoms with Gasteiger partial charge in [0.1, 0.15) is 11.5 Å². The number of hydrogen-bond acceptors (Lipinski definition) is 4. The molecule has 0 saturated carbocycles. The lowest BCUT2D eigenvalue weighted by atomic mass is 10.2. The van der Waals surface area contributed by atoms with Gasteiger partial charge in [0.05, 0.1) is 25.1 Å². The van der Waals surface area contributed by atoms with Crippen molar-refractivity contribution in [3.8, 4) is 11.3 Å². The summed E-state index contributed by atoms with van der Waals surface area (Å²) in [6, 6.07) is 20.2. The van der Waals surface area contributed by atoms with Gasteiger partial charge in [0.25, 0.3) is 0 Å². The Hall–Kier alpha value is -2.37. The van der Waals surface area contributed by atoms with Crippen LogP contribution in [0.2, 0.25) is 0 Å². The molecule has 2 aromatic carbocycles. The standard InChI is InChI=1S/C21H19BrN2O2/c22-17-3-1-2-16(14-17)21-9-8-20(26-21)15-23-18-4-6-19(7-5-18)24-10-12-25-13-11-24/h1-9,14-15H,10-13H2. The molecule has 0 radical (unpaired) electrons. The third-order valence-electron chi connectivity index (χ3n) is 4.30. The molecule has 0 spiro atoms. The summed E-state index contributed by atoms with van der Waals surface area (Å²) >= 11 is 3.48. The van der Waals surface area contributed by atoms with Crippen LogP contribution in [0.4, 0.5) is 11.4 Å². The van der Waals surface area contributed by atoms with Crippen molar-refractivity contribution in [3.05, 3.63) is 70.9 Å². The van der Waals surface area contributed by atoms with Gasteiger partial charge < -0.3 is 14.1 Å². The molecule has 1 aromatic heterocycles. The molecule has 0 aliphatic carbocycles. The van der Waals surface area contributed by atoms with Gasteiger partial charge in [0, 0.05) is 28.8 Å². The lowest BCUT2D eigenvalue weighted by molar-refractivity contribution is 0.122. The first kappa shape index (κ1) is 17.1. The normalized spacial score (nSPS) is 14.9. The molecule has 0 atom stereocenters. The molecule has 0 amide bonds. The zero-order valence-corrected chi connectivity index (χ0v) is 15.9. The number of anilines is 1. The highest BCUT2D eigenvalue weighted by Crippen LogP contribution is 2.25. The van der Waals surface area contributed by atoms with Crippen molar-refractivity contribution in [2.24, 2.45) is 4.99 Å². The van der Waals surface area contributed by atoms with Crippen LogP contribution in [0.3, 0.4) is 0 Å². The van der Waals surface area contributed by atoms with Gasteiger partial charge in [-0.15, -0.1) is 0 Å². The van der Waals surface area contributed by atoms with E-state index in [0.29, 0.717) is 0 Å². The Bertz CT molecular complexity index is 896. The quantitative estimate of drug-likeness (QED) is 0.547. The van der Waals surface area contributed by atoms with Crippen molar-refractivity contribution in [2.75, 3.05) is 31.2 Å². The smallest absolute Gasteiger partial charge is 0.145 e. The maximum Gasteiger partial charge on any atom is 0.145 e. The van der Waals surface area contributed by atoms with Gasteiger partial charge in [0.2, 0.25) is 0 Å². The number of nitrogens with zero attached hydrogens (tertiary/aromatic N) is 2. The van der Waals surface area contributed by atoms with Crippen LogP contribution in [0.25, 0.3) is 11.3 Å². The molecule has 1 aliphatic rings. The Balaban J connectivity index is 1.45. The van der Waals surface area contributed by atoms with Crippen LogP contribution in [0.15, 0.2) is 74.5 Å². The van der Waals surface area contributed by atoms with Crippen molar-refractivity contribution in [2.45, 2.75) is 0 Å². The van der Waals surface area contributed by atoms with Gasteiger partial charge in [-0.2, -0.15) is 0 Å². The highest BCUT2D eigenvalue weighted by molar-refractivity contribution is 9.10. The van der Waals surface area contributed by atoms with E-state index < -0.39 is 0 Å². The van der Waals surface area contributed by atoms with E-state index in [1.165, 1.54) is 5.69 Å². The van der Waals surface area contributed by atoms with Crippen molar-refractivity contribution < 1.29 is 9.15 Å². The van der Waals surface area contributed by atoms with Crippen molar-refractivity contribution >= 4 is 33.5 Å². The summed E-state index contributed by atoms with van der Waals surface area (Å²) in [5.41, 5.74) is 3.15. The zero-order valence-electron chi connectivity index (χ0n) is 14.3. The molecule has 0 N–H and O–H groups in total. The third-order valence-corrected chi connectivity index (χ3v) is 4.80. The average Bonchev–Trinajstić information content (AvgIpc) is 3.17. The maximum atomic E-state index is 5.87. The van der Waals surface area contributed by atoms with Crippen LogP contribution in [0, 0.1) is 0 Å². The minimum absolute atomic E-state index is 0.734. The first-order valence-corrected chi connectivity index (χ1v) is 9.40. The van der Waals surface area contributed by atoms with E-state index in [0.717, 1.165) is 53.5 Å². The Kier molecular flexibility index (Phi) is 5.18. The molecule has 1 saturated heterocycles. The molecule has 2 heterocycles. The van der Waals surface area contributed by atoms with E-state index in [1.54, 1.807) is 6.21 Å². The Labute approximate surface area is 161 Å². The van der Waals surface area contributed by atoms with E-state index in [-0.39, 0.29) is 0 Å². The molecule has 4 rings (SSSR count). The van der Waals surface area contributed by atoms with Gasteiger partial charge in [-0.25, -0.2) is 0 Å². The minimum atomic E-state index is 0.734. The molecule has 4 nitrogen and oxygen atoms in total. The predicted octanol–water partition coefficient (Wildman–Crippen LogP) is 5.30. The molecule has 1 fully saturated rings. The van der Waals surface area contributed by atoms with Crippen LogP contribution in [0.1, 0.15) is 5.76 Å². The van der Waals surface area contributed by atoms with Gasteiger partial charge in [0.15, 0.2) is 0 Å². The summed E-state index contributed by atoms with van der Waals surface area (Å²) in [7, 11) is 0. The van der Waals surface area contributed by atoms with E-state index in [1.807, 2.05) is 48.5 Å². The largest absolute Gasteiger partial charge is 0.455 e. The lowest BCUT2D eigenvalue weighted by Gasteiger charge is -2.28. The Morgan fingerprint density at radius 3 is 2.54 bits per heavy atom. The van der Waals surface area contributed by atoms with Crippen LogP contribution < -0.4 is 4.90 Å². The van der Waals surface area contributed by atoms with Crippen LogP contribution in [0.5, 0.6) is 0 Å². The van der Waals surface area contributed by atoms with Crippen LogP contribution in [-0.2, 0) is 4.74 Å². The molecule has 132 valence electrons. The van der Waals surface area contributed by atoms with Crippen LogP contribution in [-0.4, -0.2) is 32.5 Å². The van der Waals surface area contributed by atoms with Gasteiger partial charge >= 0.3 is 0 Å². The fraction of sp³-hybridized carbons (Fsp3) is 0.190. The molecule has 5 heteroatoms. The topological polar surface area (TPSA) is 38.0 Å². The van der Waals surface area contributed by atoms with E-state index in [9.17, 15) is 0 Å². The molecule has 0 unspecified atom stereocenters. The zero-order chi connectivity index (χ0) is 17.8. The van der Waals surface area contributed by atoms with E-state index in [2.05, 4.69) is 38.0 Å². The SMILES string of the molecule is Brc1cccc(-c2ccc(C=Nc3ccc(N4CCOCC4)cc3)o2)c1. The highest BCUT2D eigenvalue weighted by atomic mass is 79.9. The van der Waals surface area contributed by atoms with Crippen molar-refractivity contribution in [3.63, 3.8) is 0 Å². The van der Waals surface area contributed by atoms with E-state index >= 15 is 0 Å². The third kappa shape index (κ3) is 4.06. The first-order chi connectivity index (χ1) is 12.8. The molecule has 3 aromatic rings. The van der Waals surface area contributed by atoms with Crippen molar-refractivity contribution in [1.29, 1.82) is 0 Å². The summed E-state index contributed by atoms with van der Waals surface area (Å²) in [6.07, 6.45) is 1.76. The number of rotatable bonds is 4. The first-order valence-electron chi connectivity index (χ1n) is 8.60. The molecule has 26 heavy (non-hydrogen) atoms. The Morgan fingerprint density at radius 1 is 0.962 bits per heavy atom. The minimum Gasteiger partial charge on any atom is -0.455 e. The van der Waals surface area contributed by atoms with E-state index in [4.69, 9.17) is 9.15 Å². The summed E-state index contributed by atoms with van der Waals surface area (Å²) in [5, 5.41) is 0. The highest BCUT2D eigenvalue weighted by Gasteiger charge is 2.10. The second-order valence-electron chi connectivity index (χ2n) is 6.09. The number of halogens is 1.